The molecule has 1 N–H and O–H groups in total. The van der Waals surface area contributed by atoms with Gasteiger partial charge < -0.3 is 24.0 Å². The maximum absolute atomic E-state index is 14.2. The largest absolute Gasteiger partial charge is 0.478 e. The summed E-state index contributed by atoms with van der Waals surface area (Å²) in [5.41, 5.74) is 3.44. The fraction of sp³-hybridized carbons (Fsp3) is 0.457. The van der Waals surface area contributed by atoms with Crippen LogP contribution in [-0.2, 0) is 24.4 Å². The number of halogens is 2. The van der Waals surface area contributed by atoms with Gasteiger partial charge in [-0.25, -0.2) is 19.2 Å². The van der Waals surface area contributed by atoms with E-state index in [0.717, 1.165) is 94.1 Å². The molecule has 9 nitrogen and oxygen atoms in total. The first kappa shape index (κ1) is 32.4. The molecule has 0 unspecified atom stereocenters. The first-order chi connectivity index (χ1) is 22.4. The number of pyridine rings is 1. The number of carbonyl (C=O) groups is 1. The Morgan fingerprint density at radius 2 is 1.78 bits per heavy atom. The van der Waals surface area contributed by atoms with Gasteiger partial charge in [-0.3, -0.25) is 4.90 Å². The highest BCUT2D eigenvalue weighted by Gasteiger charge is 2.26. The fourth-order valence-corrected chi connectivity index (χ4v) is 6.78. The van der Waals surface area contributed by atoms with Crippen LogP contribution < -0.4 is 4.74 Å². The number of fused-ring (bicyclic) bond motifs is 1. The number of hydrogen-bond acceptors (Lipinski definition) is 7. The van der Waals surface area contributed by atoms with Crippen molar-refractivity contribution in [3.05, 3.63) is 88.1 Å². The van der Waals surface area contributed by atoms with Crippen molar-refractivity contribution in [2.24, 2.45) is 5.92 Å². The second-order valence-corrected chi connectivity index (χ2v) is 12.8. The molecule has 0 atom stereocenters. The third-order valence-corrected chi connectivity index (χ3v) is 9.58. The van der Waals surface area contributed by atoms with E-state index in [4.69, 9.17) is 31.0 Å². The number of imidazole rings is 1. The number of rotatable bonds is 12. The summed E-state index contributed by atoms with van der Waals surface area (Å²) in [7, 11) is 1.74. The number of carboxylic acids is 1. The molecule has 0 radical (unpaired) electrons. The van der Waals surface area contributed by atoms with E-state index in [-0.39, 0.29) is 12.2 Å². The maximum Gasteiger partial charge on any atom is 0.335 e. The van der Waals surface area contributed by atoms with Gasteiger partial charge in [-0.1, -0.05) is 23.7 Å². The lowest BCUT2D eigenvalue weighted by Crippen LogP contribution is -2.37. The number of benzene rings is 2. The number of likely N-dealkylation sites (tertiary alicyclic amines) is 2. The number of carboxylic acid groups (broad SMARTS) is 1. The van der Waals surface area contributed by atoms with Gasteiger partial charge >= 0.3 is 5.97 Å². The van der Waals surface area contributed by atoms with Crippen LogP contribution >= 0.6 is 11.6 Å². The van der Waals surface area contributed by atoms with Crippen molar-refractivity contribution < 1.29 is 23.8 Å². The maximum atomic E-state index is 14.2. The average molecular weight is 650 g/mol. The Labute approximate surface area is 273 Å². The molecule has 0 spiro atoms. The standard InChI is InChI=1S/C35H41ClFN5O4/c1-45-18-17-40-13-9-24(10-14-40)21-42-32-19-26(35(43)44)6-8-31(32)38-33(42)22-41-15-11-25(12-16-41)30-3-2-4-34(39-30)46-23-27-5-7-28(36)20-29(27)37/h2-8,19-20,24-25H,9-18,21-23H2,1H3,(H,43,44). The normalized spacial score (nSPS) is 17.1. The molecular weight excluding hydrogens is 609 g/mol. The van der Waals surface area contributed by atoms with Crippen molar-refractivity contribution in [2.75, 3.05) is 46.4 Å². The van der Waals surface area contributed by atoms with Gasteiger partial charge in [0.1, 0.15) is 18.2 Å². The highest BCUT2D eigenvalue weighted by Crippen LogP contribution is 2.30. The Bertz CT molecular complexity index is 1650. The van der Waals surface area contributed by atoms with Gasteiger partial charge in [-0.05, 0) is 94.2 Å². The Morgan fingerprint density at radius 3 is 2.52 bits per heavy atom. The summed E-state index contributed by atoms with van der Waals surface area (Å²) in [5, 5.41) is 10.0. The van der Waals surface area contributed by atoms with Gasteiger partial charge in [0.2, 0.25) is 5.88 Å². The second kappa shape index (κ2) is 14.9. The SMILES string of the molecule is COCCN1CCC(Cn2c(CN3CCC(c4cccc(OCc5ccc(Cl)cc5F)n4)CC3)nc3ccc(C(=O)O)cc32)CC1. The predicted molar refractivity (Wildman–Crippen MR) is 175 cm³/mol. The molecule has 0 amide bonds. The van der Waals surface area contributed by atoms with E-state index in [1.54, 1.807) is 37.4 Å². The van der Waals surface area contributed by atoms with Crippen LogP contribution in [0.5, 0.6) is 5.88 Å². The van der Waals surface area contributed by atoms with Crippen LogP contribution in [0.3, 0.4) is 0 Å². The Hall–Kier alpha value is -3.57. The van der Waals surface area contributed by atoms with Gasteiger partial charge in [-0.15, -0.1) is 0 Å². The smallest absolute Gasteiger partial charge is 0.335 e. The third kappa shape index (κ3) is 7.86. The number of aromatic carboxylic acids is 1. The van der Waals surface area contributed by atoms with Crippen LogP contribution in [-0.4, -0.2) is 81.9 Å². The summed E-state index contributed by atoms with van der Waals surface area (Å²) in [6, 6.07) is 15.6. The quantitative estimate of drug-likeness (QED) is 0.193. The minimum absolute atomic E-state index is 0.0831. The van der Waals surface area contributed by atoms with E-state index in [0.29, 0.717) is 34.8 Å². The zero-order valence-electron chi connectivity index (χ0n) is 26.2. The molecule has 2 saturated heterocycles. The summed E-state index contributed by atoms with van der Waals surface area (Å²) in [5.74, 6) is 0.951. The van der Waals surface area contributed by atoms with Gasteiger partial charge in [0.15, 0.2) is 0 Å². The number of aromatic nitrogens is 3. The molecule has 46 heavy (non-hydrogen) atoms. The third-order valence-electron chi connectivity index (χ3n) is 9.34. The summed E-state index contributed by atoms with van der Waals surface area (Å²) in [4.78, 5) is 26.5. The Morgan fingerprint density at radius 1 is 1.00 bits per heavy atom. The van der Waals surface area contributed by atoms with E-state index in [9.17, 15) is 14.3 Å². The molecule has 2 aliphatic rings. The van der Waals surface area contributed by atoms with Crippen molar-refractivity contribution >= 4 is 28.6 Å². The molecule has 0 aliphatic carbocycles. The van der Waals surface area contributed by atoms with Gasteiger partial charge in [0.25, 0.3) is 0 Å². The molecule has 2 fully saturated rings. The van der Waals surface area contributed by atoms with Crippen molar-refractivity contribution in [3.8, 4) is 5.88 Å². The zero-order valence-corrected chi connectivity index (χ0v) is 27.0. The summed E-state index contributed by atoms with van der Waals surface area (Å²) >= 11 is 5.87. The van der Waals surface area contributed by atoms with Crippen molar-refractivity contribution in [1.82, 2.24) is 24.3 Å². The van der Waals surface area contributed by atoms with Crippen LogP contribution in [0, 0.1) is 11.7 Å². The van der Waals surface area contributed by atoms with E-state index in [1.165, 1.54) is 6.07 Å². The number of hydrogen-bond donors (Lipinski definition) is 1. The number of nitrogens with zero attached hydrogens (tertiary/aromatic N) is 5. The molecular formula is C35H41ClFN5O4. The van der Waals surface area contributed by atoms with Crippen molar-refractivity contribution in [2.45, 2.75) is 51.3 Å². The van der Waals surface area contributed by atoms with E-state index < -0.39 is 11.8 Å². The summed E-state index contributed by atoms with van der Waals surface area (Å²) in [6.07, 6.45) is 4.09. The molecule has 6 rings (SSSR count). The molecule has 4 heterocycles. The summed E-state index contributed by atoms with van der Waals surface area (Å²) in [6.45, 7) is 7.21. The van der Waals surface area contributed by atoms with Crippen LogP contribution in [0.1, 0.15) is 59.0 Å². The monoisotopic (exact) mass is 649 g/mol. The van der Waals surface area contributed by atoms with E-state index in [1.807, 2.05) is 18.2 Å². The topological polar surface area (TPSA) is 93.0 Å². The first-order valence-corrected chi connectivity index (χ1v) is 16.4. The molecule has 11 heteroatoms. The van der Waals surface area contributed by atoms with Crippen LogP contribution in [0.25, 0.3) is 11.0 Å². The van der Waals surface area contributed by atoms with Crippen molar-refractivity contribution in [3.63, 3.8) is 0 Å². The molecule has 2 aromatic heterocycles. The summed E-state index contributed by atoms with van der Waals surface area (Å²) < 4.78 is 27.6. The van der Waals surface area contributed by atoms with Gasteiger partial charge in [-0.2, -0.15) is 0 Å². The molecule has 244 valence electrons. The van der Waals surface area contributed by atoms with Crippen molar-refractivity contribution in [1.29, 1.82) is 0 Å². The number of piperidine rings is 2. The van der Waals surface area contributed by atoms with E-state index in [2.05, 4.69) is 14.4 Å². The molecule has 0 bridgehead atoms. The zero-order chi connectivity index (χ0) is 32.0. The second-order valence-electron chi connectivity index (χ2n) is 12.4. The molecule has 2 aliphatic heterocycles. The number of ether oxygens (including phenoxy) is 2. The average Bonchev–Trinajstić information content (AvgIpc) is 3.40. The van der Waals surface area contributed by atoms with Crippen LogP contribution in [0.15, 0.2) is 54.6 Å². The fourth-order valence-electron chi connectivity index (χ4n) is 6.62. The van der Waals surface area contributed by atoms with E-state index >= 15 is 0 Å². The lowest BCUT2D eigenvalue weighted by atomic mass is 9.93. The first-order valence-electron chi connectivity index (χ1n) is 16.1. The molecule has 4 aromatic rings. The Balaban J connectivity index is 1.10. The Kier molecular flexibility index (Phi) is 10.5. The van der Waals surface area contributed by atoms with Gasteiger partial charge in [0, 0.05) is 48.5 Å². The highest BCUT2D eigenvalue weighted by atomic mass is 35.5. The lowest BCUT2D eigenvalue weighted by molar-refractivity contribution is 0.0697. The minimum Gasteiger partial charge on any atom is -0.478 e. The predicted octanol–water partition coefficient (Wildman–Crippen LogP) is 6.24. The van der Waals surface area contributed by atoms with Crippen LogP contribution in [0.4, 0.5) is 4.39 Å². The van der Waals surface area contributed by atoms with Crippen LogP contribution in [0.2, 0.25) is 5.02 Å². The number of methoxy groups -OCH3 is 1. The highest BCUT2D eigenvalue weighted by molar-refractivity contribution is 6.30. The minimum atomic E-state index is -0.926. The molecule has 0 saturated carbocycles. The van der Waals surface area contributed by atoms with Gasteiger partial charge in [0.05, 0.1) is 29.7 Å². The lowest BCUT2D eigenvalue weighted by Gasteiger charge is -2.33. The molecule has 2 aromatic carbocycles.